The number of ether oxygens (including phenoxy) is 1. The molecule has 0 unspecified atom stereocenters. The molecule has 0 spiro atoms. The number of nitrogens with one attached hydrogen (secondary N) is 2. The van der Waals surface area contributed by atoms with E-state index in [1.54, 1.807) is 13.0 Å². The molecule has 0 bridgehead atoms. The van der Waals surface area contributed by atoms with Crippen LogP contribution in [0.25, 0.3) is 0 Å². The van der Waals surface area contributed by atoms with Crippen molar-refractivity contribution in [3.05, 3.63) is 40.9 Å². The van der Waals surface area contributed by atoms with Crippen LogP contribution >= 0.6 is 15.9 Å². The summed E-state index contributed by atoms with van der Waals surface area (Å²) < 4.78 is 33.3. The molecule has 0 aliphatic carbocycles. The van der Waals surface area contributed by atoms with Crippen LogP contribution in [0.15, 0.2) is 40.1 Å². The Labute approximate surface area is 147 Å². The van der Waals surface area contributed by atoms with Crippen LogP contribution in [0.3, 0.4) is 0 Å². The molecule has 2 aromatic rings. The number of imidazole rings is 1. The Morgan fingerprint density at radius 2 is 2.25 bits per heavy atom. The van der Waals surface area contributed by atoms with Gasteiger partial charge in [-0.15, -0.1) is 0 Å². The third kappa shape index (κ3) is 4.56. The molecule has 24 heavy (non-hydrogen) atoms. The summed E-state index contributed by atoms with van der Waals surface area (Å²) in [5.74, 6) is -1.14. The van der Waals surface area contributed by atoms with Gasteiger partial charge in [0.15, 0.2) is 0 Å². The minimum atomic E-state index is -4.10. The number of benzene rings is 1. The molecule has 0 aliphatic heterocycles. The quantitative estimate of drug-likeness (QED) is 0.598. The number of nitrogens with zero attached hydrogens (tertiary/aromatic N) is 1. The van der Waals surface area contributed by atoms with Gasteiger partial charge in [0.05, 0.1) is 12.9 Å². The number of rotatable bonds is 8. The van der Waals surface area contributed by atoms with E-state index in [0.29, 0.717) is 10.2 Å². The second-order valence-electron chi connectivity index (χ2n) is 4.82. The minimum Gasteiger partial charge on any atom is -0.492 e. The van der Waals surface area contributed by atoms with E-state index in [1.165, 1.54) is 24.7 Å². The summed E-state index contributed by atoms with van der Waals surface area (Å²) in [5.41, 5.74) is 0.504. The molecule has 1 heterocycles. The standard InChI is InChI=1S/C14H16BrN3O5S/c1-2-23-12-4-3-9(15)5-13(12)24(21,22)18-11(14(19)20)6-10-7-16-8-17-10/h3-5,7-8,11,18H,2,6H2,1H3,(H,16,17)(H,19,20)/t11-/m1/s1. The highest BCUT2D eigenvalue weighted by Gasteiger charge is 2.28. The number of aromatic nitrogens is 2. The van der Waals surface area contributed by atoms with E-state index in [-0.39, 0.29) is 23.7 Å². The van der Waals surface area contributed by atoms with Crippen molar-refractivity contribution in [1.82, 2.24) is 14.7 Å². The van der Waals surface area contributed by atoms with E-state index in [0.717, 1.165) is 0 Å². The fraction of sp³-hybridized carbons (Fsp3) is 0.286. The van der Waals surface area contributed by atoms with Gasteiger partial charge in [-0.05, 0) is 25.1 Å². The van der Waals surface area contributed by atoms with Gasteiger partial charge in [-0.1, -0.05) is 15.9 Å². The van der Waals surface area contributed by atoms with Crippen molar-refractivity contribution in [3.63, 3.8) is 0 Å². The zero-order valence-corrected chi connectivity index (χ0v) is 15.1. The number of aromatic amines is 1. The molecule has 0 saturated heterocycles. The molecule has 8 nitrogen and oxygen atoms in total. The Hall–Kier alpha value is -1.91. The Bertz CT molecular complexity index is 808. The first-order chi connectivity index (χ1) is 11.3. The molecular weight excluding hydrogens is 402 g/mol. The van der Waals surface area contributed by atoms with Gasteiger partial charge in [0.1, 0.15) is 16.7 Å². The van der Waals surface area contributed by atoms with Crippen molar-refractivity contribution < 1.29 is 23.1 Å². The first kappa shape index (κ1) is 18.4. The molecule has 0 fully saturated rings. The molecule has 2 rings (SSSR count). The van der Waals surface area contributed by atoms with Crippen LogP contribution in [0.5, 0.6) is 5.75 Å². The highest BCUT2D eigenvalue weighted by molar-refractivity contribution is 9.10. The van der Waals surface area contributed by atoms with Gasteiger partial charge in [0.25, 0.3) is 0 Å². The lowest BCUT2D eigenvalue weighted by molar-refractivity contribution is -0.138. The predicted molar refractivity (Wildman–Crippen MR) is 89.3 cm³/mol. The van der Waals surface area contributed by atoms with Crippen molar-refractivity contribution in [2.45, 2.75) is 24.3 Å². The number of sulfonamides is 1. The second kappa shape index (κ2) is 7.77. The van der Waals surface area contributed by atoms with Crippen LogP contribution in [0.2, 0.25) is 0 Å². The maximum Gasteiger partial charge on any atom is 0.322 e. The van der Waals surface area contributed by atoms with E-state index in [2.05, 4.69) is 30.6 Å². The number of halogens is 1. The van der Waals surface area contributed by atoms with E-state index in [1.807, 2.05) is 0 Å². The van der Waals surface area contributed by atoms with Crippen molar-refractivity contribution in [2.24, 2.45) is 0 Å². The molecular formula is C14H16BrN3O5S. The van der Waals surface area contributed by atoms with Crippen LogP contribution < -0.4 is 9.46 Å². The third-order valence-corrected chi connectivity index (χ3v) is 5.06. The summed E-state index contributed by atoms with van der Waals surface area (Å²) >= 11 is 3.21. The molecule has 1 aromatic heterocycles. The number of carbonyl (C=O) groups is 1. The number of hydrogen-bond acceptors (Lipinski definition) is 5. The summed E-state index contributed by atoms with van der Waals surface area (Å²) in [6, 6.07) is 3.17. The summed E-state index contributed by atoms with van der Waals surface area (Å²) in [6.07, 6.45) is 2.77. The van der Waals surface area contributed by atoms with Crippen LogP contribution in [0.4, 0.5) is 0 Å². The summed E-state index contributed by atoms with van der Waals surface area (Å²) in [4.78, 5) is 17.8. The van der Waals surface area contributed by atoms with Gasteiger partial charge in [0.2, 0.25) is 10.0 Å². The monoisotopic (exact) mass is 417 g/mol. The maximum absolute atomic E-state index is 12.6. The van der Waals surface area contributed by atoms with Gasteiger partial charge in [-0.3, -0.25) is 4.79 Å². The van der Waals surface area contributed by atoms with Crippen molar-refractivity contribution in [2.75, 3.05) is 6.61 Å². The van der Waals surface area contributed by atoms with Gasteiger partial charge >= 0.3 is 5.97 Å². The van der Waals surface area contributed by atoms with Crippen molar-refractivity contribution in [3.8, 4) is 5.75 Å². The molecule has 130 valence electrons. The number of hydrogen-bond donors (Lipinski definition) is 3. The van der Waals surface area contributed by atoms with Crippen molar-refractivity contribution >= 4 is 31.9 Å². The SMILES string of the molecule is CCOc1ccc(Br)cc1S(=O)(=O)N[C@H](Cc1cnc[nH]1)C(=O)O. The molecule has 0 aliphatic rings. The Balaban J connectivity index is 2.31. The summed E-state index contributed by atoms with van der Waals surface area (Å²) in [7, 11) is -4.10. The second-order valence-corrected chi connectivity index (χ2v) is 7.42. The fourth-order valence-electron chi connectivity index (χ4n) is 2.01. The van der Waals surface area contributed by atoms with Crippen LogP contribution in [0.1, 0.15) is 12.6 Å². The molecule has 1 aromatic carbocycles. The zero-order chi connectivity index (χ0) is 17.7. The largest absolute Gasteiger partial charge is 0.492 e. The molecule has 0 radical (unpaired) electrons. The maximum atomic E-state index is 12.6. The highest BCUT2D eigenvalue weighted by Crippen LogP contribution is 2.27. The summed E-state index contributed by atoms with van der Waals surface area (Å²) in [6.45, 7) is 2.00. The minimum absolute atomic E-state index is 0.0630. The Morgan fingerprint density at radius 1 is 1.50 bits per heavy atom. The molecule has 0 amide bonds. The normalized spacial score (nSPS) is 12.8. The van der Waals surface area contributed by atoms with Crippen LogP contribution in [-0.2, 0) is 21.2 Å². The zero-order valence-electron chi connectivity index (χ0n) is 12.7. The summed E-state index contributed by atoms with van der Waals surface area (Å²) in [5, 5.41) is 9.31. The van der Waals surface area contributed by atoms with Crippen LogP contribution in [0, 0.1) is 0 Å². The lowest BCUT2D eigenvalue weighted by atomic mass is 10.2. The topological polar surface area (TPSA) is 121 Å². The number of carboxylic acid groups (broad SMARTS) is 1. The van der Waals surface area contributed by atoms with Crippen molar-refractivity contribution in [1.29, 1.82) is 0 Å². The van der Waals surface area contributed by atoms with E-state index in [4.69, 9.17) is 4.74 Å². The molecule has 0 saturated carbocycles. The Kier molecular flexibility index (Phi) is 5.97. The average Bonchev–Trinajstić information content (AvgIpc) is 3.01. The van der Waals surface area contributed by atoms with Crippen LogP contribution in [-0.4, -0.2) is 42.1 Å². The molecule has 10 heteroatoms. The first-order valence-electron chi connectivity index (χ1n) is 6.98. The van der Waals surface area contributed by atoms with Gasteiger partial charge in [0, 0.05) is 22.8 Å². The predicted octanol–water partition coefficient (Wildman–Crippen LogP) is 1.55. The van der Waals surface area contributed by atoms with E-state index < -0.39 is 22.0 Å². The lowest BCUT2D eigenvalue weighted by Gasteiger charge is -2.16. The Morgan fingerprint density at radius 3 is 2.83 bits per heavy atom. The number of aliphatic carboxylic acids is 1. The third-order valence-electron chi connectivity index (χ3n) is 3.07. The van der Waals surface area contributed by atoms with E-state index >= 15 is 0 Å². The molecule has 3 N–H and O–H groups in total. The smallest absolute Gasteiger partial charge is 0.322 e. The number of H-pyrrole nitrogens is 1. The van der Waals surface area contributed by atoms with Gasteiger partial charge in [-0.25, -0.2) is 13.4 Å². The van der Waals surface area contributed by atoms with Gasteiger partial charge in [-0.2, -0.15) is 4.72 Å². The number of carboxylic acids is 1. The van der Waals surface area contributed by atoms with Gasteiger partial charge < -0.3 is 14.8 Å². The average molecular weight is 418 g/mol. The fourth-order valence-corrected chi connectivity index (χ4v) is 3.89. The van der Waals surface area contributed by atoms with E-state index in [9.17, 15) is 18.3 Å². The molecule has 1 atom stereocenters. The first-order valence-corrected chi connectivity index (χ1v) is 9.26. The highest BCUT2D eigenvalue weighted by atomic mass is 79.9. The lowest BCUT2D eigenvalue weighted by Crippen LogP contribution is -2.42.